The van der Waals surface area contributed by atoms with Crippen molar-refractivity contribution in [3.05, 3.63) is 77.3 Å². The first kappa shape index (κ1) is 26.9. The van der Waals surface area contributed by atoms with Crippen LogP contribution in [0.25, 0.3) is 17.2 Å². The molecule has 1 aromatic carbocycles. The van der Waals surface area contributed by atoms with Crippen LogP contribution >= 0.6 is 0 Å². The zero-order chi connectivity index (χ0) is 28.8. The first-order valence-corrected chi connectivity index (χ1v) is 18.4. The molecule has 1 saturated carbocycles. The summed E-state index contributed by atoms with van der Waals surface area (Å²) in [6.07, 6.45) is 5.91. The number of fused-ring (bicyclic) bond motifs is 5. The second-order valence-corrected chi connectivity index (χ2v) is 16.8. The van der Waals surface area contributed by atoms with Crippen LogP contribution in [0.2, 0.25) is 0 Å². The number of rotatable bonds is 6. The van der Waals surface area contributed by atoms with Gasteiger partial charge < -0.3 is 0 Å². The Morgan fingerprint density at radius 3 is 2.56 bits per heavy atom. The predicted molar refractivity (Wildman–Crippen MR) is 142 cm³/mol. The summed E-state index contributed by atoms with van der Waals surface area (Å²) in [4.78, 5) is 13.9. The summed E-state index contributed by atoms with van der Waals surface area (Å²) in [7, 11) is -3.19. The number of nitrogens with zero attached hydrogens (tertiary/aromatic N) is 7. The molecule has 4 aromatic rings. The number of benzene rings is 1. The maximum absolute atomic E-state index is 14.7. The Kier molecular flexibility index (Phi) is 5.93. The van der Waals surface area contributed by atoms with Crippen LogP contribution in [0.4, 0.5) is 8.78 Å². The van der Waals surface area contributed by atoms with E-state index in [1.807, 2.05) is 12.1 Å². The van der Waals surface area contributed by atoms with Crippen LogP contribution in [0.3, 0.4) is 0 Å². The van der Waals surface area contributed by atoms with E-state index in [4.69, 9.17) is 4.98 Å². The van der Waals surface area contributed by atoms with Crippen LogP contribution in [0.5, 0.6) is 0 Å². The molecule has 0 amide bonds. The van der Waals surface area contributed by atoms with E-state index in [9.17, 15) is 17.2 Å². The third-order valence-corrected chi connectivity index (χ3v) is 13.3. The predicted octanol–water partition coefficient (Wildman–Crippen LogP) is 0.381. The molecule has 7 rings (SSSR count). The molecule has 0 N–H and O–H groups in total. The summed E-state index contributed by atoms with van der Waals surface area (Å²) >= 11 is -0.215. The summed E-state index contributed by atoms with van der Waals surface area (Å²) in [5, 5.41) is 13.6. The van der Waals surface area contributed by atoms with E-state index >= 15 is 0 Å². The molecule has 41 heavy (non-hydrogen) atoms. The van der Waals surface area contributed by atoms with Crippen LogP contribution in [0.15, 0.2) is 42.9 Å². The Morgan fingerprint density at radius 2 is 1.85 bits per heavy atom. The fourth-order valence-corrected chi connectivity index (χ4v) is 13.1. The van der Waals surface area contributed by atoms with Gasteiger partial charge in [0.2, 0.25) is 0 Å². The summed E-state index contributed by atoms with van der Waals surface area (Å²) in [6, 6.07) is 7.52. The molecule has 1 saturated heterocycles. The second kappa shape index (κ2) is 9.03. The van der Waals surface area contributed by atoms with Gasteiger partial charge in [-0.15, -0.1) is 0 Å². The number of hydrogen-bond acceptors (Lipinski definition) is 8. The Morgan fingerprint density at radius 1 is 1.10 bits per heavy atom. The third-order valence-electron chi connectivity index (χ3n) is 8.99. The summed E-state index contributed by atoms with van der Waals surface area (Å²) in [5.74, 6) is -0.346. The van der Waals surface area contributed by atoms with Gasteiger partial charge >= 0.3 is 247 Å². The zero-order valence-electron chi connectivity index (χ0n) is 22.6. The average Bonchev–Trinajstić information content (AvgIpc) is 3.49. The molecule has 4 heterocycles. The van der Waals surface area contributed by atoms with Gasteiger partial charge in [-0.2, -0.15) is 0 Å². The van der Waals surface area contributed by atoms with E-state index in [2.05, 4.69) is 39.1 Å². The number of halogens is 3. The molecule has 13 heteroatoms. The molecule has 9 nitrogen and oxygen atoms in total. The van der Waals surface area contributed by atoms with Crippen molar-refractivity contribution in [1.82, 2.24) is 34.9 Å². The zero-order valence-corrected chi connectivity index (χ0v) is 25.6. The van der Waals surface area contributed by atoms with Gasteiger partial charge in [0.25, 0.3) is 0 Å². The van der Waals surface area contributed by atoms with Crippen molar-refractivity contribution < 1.29 is 38.4 Å². The molecule has 2 aliphatic carbocycles. The topological polar surface area (TPSA) is 116 Å². The van der Waals surface area contributed by atoms with Crippen LogP contribution in [-0.2, 0) is 20.7 Å². The minimum absolute atomic E-state index is 0.0154. The first-order chi connectivity index (χ1) is 19.5. The molecular formula is C28H27F2IN7O2S-. The van der Waals surface area contributed by atoms with Gasteiger partial charge in [0.05, 0.1) is 0 Å². The van der Waals surface area contributed by atoms with E-state index < -0.39 is 32.3 Å². The van der Waals surface area contributed by atoms with E-state index in [1.165, 1.54) is 35.5 Å². The number of alkyl halides is 2. The molecule has 1 aliphatic heterocycles. The van der Waals surface area contributed by atoms with Gasteiger partial charge in [0.1, 0.15) is 0 Å². The Balaban J connectivity index is 1.32. The van der Waals surface area contributed by atoms with Crippen LogP contribution < -0.4 is 21.2 Å². The van der Waals surface area contributed by atoms with Gasteiger partial charge in [0.15, 0.2) is 0 Å². The molecule has 2 bridgehead atoms. The normalized spacial score (nSPS) is 24.0. The van der Waals surface area contributed by atoms with Crippen molar-refractivity contribution in [3.63, 3.8) is 0 Å². The molecule has 0 unspecified atom stereocenters. The number of aromatic nitrogens is 7. The van der Waals surface area contributed by atoms with Gasteiger partial charge in [-0.05, 0) is 0 Å². The van der Waals surface area contributed by atoms with E-state index in [0.29, 0.717) is 11.8 Å². The van der Waals surface area contributed by atoms with Crippen molar-refractivity contribution >= 4 is 9.84 Å². The SMILES string of the molecule is CC1(C)[C@H]2C[I-]C[C@]1(c1ccnc(-n3cnc(C4(CS(C)(=O)=O)CC4)n3)n1)c1nnc(-c3c(F)cccc3F)cc12. The average molecular weight is 691 g/mol. The Hall–Kier alpha value is -2.94. The fraction of sp³-hybridized carbons (Fsp3) is 0.429. The summed E-state index contributed by atoms with van der Waals surface area (Å²) in [6.45, 7) is 4.42. The minimum atomic E-state index is -3.19. The monoisotopic (exact) mass is 690 g/mol. The van der Waals surface area contributed by atoms with Gasteiger partial charge in [0, 0.05) is 0 Å². The third kappa shape index (κ3) is 4.05. The quantitative estimate of drug-likeness (QED) is 0.211. The van der Waals surface area contributed by atoms with E-state index in [1.54, 1.807) is 6.20 Å². The fourth-order valence-electron chi connectivity index (χ4n) is 6.58. The van der Waals surface area contributed by atoms with E-state index in [-0.39, 0.29) is 49.5 Å². The van der Waals surface area contributed by atoms with Crippen molar-refractivity contribution in [2.45, 2.75) is 43.4 Å². The van der Waals surface area contributed by atoms with Crippen LogP contribution in [0, 0.1) is 17.0 Å². The second-order valence-electron chi connectivity index (χ2n) is 11.9. The molecule has 3 aliphatic rings. The Bertz CT molecular complexity index is 1810. The molecule has 0 spiro atoms. The summed E-state index contributed by atoms with van der Waals surface area (Å²) < 4.78 is 56.7. The first-order valence-electron chi connectivity index (χ1n) is 13.2. The maximum atomic E-state index is 14.7. The molecular weight excluding hydrogens is 663 g/mol. The van der Waals surface area contributed by atoms with Gasteiger partial charge in [-0.1, -0.05) is 0 Å². The Labute approximate surface area is 246 Å². The van der Waals surface area contributed by atoms with Gasteiger partial charge in [-0.3, -0.25) is 0 Å². The van der Waals surface area contributed by atoms with Crippen molar-refractivity contribution in [2.75, 3.05) is 20.9 Å². The number of sulfone groups is 1. The van der Waals surface area contributed by atoms with Gasteiger partial charge in [-0.25, -0.2) is 0 Å². The van der Waals surface area contributed by atoms with Crippen molar-refractivity contribution in [1.29, 1.82) is 0 Å². The van der Waals surface area contributed by atoms with Crippen molar-refractivity contribution in [2.24, 2.45) is 5.41 Å². The standard InChI is InChI=1S/C28H27F2IN7O2S/c1-26(2)17-12-31-13-28(26,23-16(17)11-20(35-36-23)22-18(29)5-4-6-19(22)30)21-7-10-32-25(34-21)38-15-33-24(37-38)27(8-9-27)14-41(3,39)40/h4-7,10-11,15,17H,8-9,12-14H2,1-3H3/q-1/t17-,28-/m0/s1. The molecule has 2 atom stereocenters. The molecule has 2 fully saturated rings. The molecule has 0 radical (unpaired) electrons. The van der Waals surface area contributed by atoms with Crippen LogP contribution in [-0.4, -0.2) is 64.2 Å². The van der Waals surface area contributed by atoms with E-state index in [0.717, 1.165) is 38.6 Å². The van der Waals surface area contributed by atoms with Crippen molar-refractivity contribution in [3.8, 4) is 17.2 Å². The molecule has 3 aromatic heterocycles. The number of hydrogen-bond donors (Lipinski definition) is 0. The van der Waals surface area contributed by atoms with Crippen LogP contribution in [0.1, 0.15) is 55.4 Å². The molecule has 214 valence electrons. The summed E-state index contributed by atoms with van der Waals surface area (Å²) in [5.41, 5.74) is 1.21.